The number of ether oxygens (including phenoxy) is 1. The van der Waals surface area contributed by atoms with Crippen LogP contribution in [0.1, 0.15) is 36.8 Å². The van der Waals surface area contributed by atoms with Crippen molar-refractivity contribution in [1.29, 1.82) is 0 Å². The quantitative estimate of drug-likeness (QED) is 0.917. The molecule has 2 aliphatic rings. The second-order valence-electron chi connectivity index (χ2n) is 5.04. The SMILES string of the molecule is CCCNC1CC=CC2=C1CCc1sc(OC)nc12. The van der Waals surface area contributed by atoms with Crippen LogP contribution >= 0.6 is 11.3 Å². The van der Waals surface area contributed by atoms with Gasteiger partial charge in [0.1, 0.15) is 0 Å². The van der Waals surface area contributed by atoms with Gasteiger partial charge in [0.2, 0.25) is 0 Å². The number of nitrogens with one attached hydrogen (secondary N) is 1. The molecule has 0 radical (unpaired) electrons. The van der Waals surface area contributed by atoms with Gasteiger partial charge in [0.05, 0.1) is 12.8 Å². The molecule has 102 valence electrons. The molecule has 3 nitrogen and oxygen atoms in total. The molecule has 1 N–H and O–H groups in total. The van der Waals surface area contributed by atoms with Gasteiger partial charge in [-0.1, -0.05) is 30.4 Å². The summed E-state index contributed by atoms with van der Waals surface area (Å²) in [5.74, 6) is 0. The third-order valence-electron chi connectivity index (χ3n) is 3.79. The first kappa shape index (κ1) is 12.9. The Hall–Kier alpha value is -1.13. The third kappa shape index (κ3) is 2.35. The van der Waals surface area contributed by atoms with Crippen molar-refractivity contribution < 1.29 is 4.74 Å². The predicted molar refractivity (Wildman–Crippen MR) is 79.7 cm³/mol. The Morgan fingerprint density at radius 1 is 1.47 bits per heavy atom. The van der Waals surface area contributed by atoms with Crippen molar-refractivity contribution in [3.8, 4) is 5.19 Å². The highest BCUT2D eigenvalue weighted by molar-refractivity contribution is 7.13. The van der Waals surface area contributed by atoms with E-state index in [1.807, 2.05) is 0 Å². The van der Waals surface area contributed by atoms with E-state index in [2.05, 4.69) is 29.4 Å². The molecule has 0 aromatic carbocycles. The Morgan fingerprint density at radius 2 is 2.37 bits per heavy atom. The minimum absolute atomic E-state index is 0.501. The normalized spacial score (nSPS) is 21.3. The highest BCUT2D eigenvalue weighted by Gasteiger charge is 2.28. The summed E-state index contributed by atoms with van der Waals surface area (Å²) in [6.07, 6.45) is 9.06. The zero-order valence-corrected chi connectivity index (χ0v) is 12.3. The van der Waals surface area contributed by atoms with Gasteiger partial charge in [0, 0.05) is 16.5 Å². The molecule has 1 aromatic rings. The number of methoxy groups -OCH3 is 1. The summed E-state index contributed by atoms with van der Waals surface area (Å²) in [4.78, 5) is 6.00. The third-order valence-corrected chi connectivity index (χ3v) is 4.87. The van der Waals surface area contributed by atoms with Gasteiger partial charge in [0.25, 0.3) is 5.19 Å². The van der Waals surface area contributed by atoms with Crippen LogP contribution in [0.3, 0.4) is 0 Å². The summed E-state index contributed by atoms with van der Waals surface area (Å²) in [5.41, 5.74) is 4.03. The number of thiazole rings is 1. The zero-order chi connectivity index (χ0) is 13.2. The first-order valence-electron chi connectivity index (χ1n) is 7.00. The van der Waals surface area contributed by atoms with Crippen LogP contribution in [-0.4, -0.2) is 24.7 Å². The van der Waals surface area contributed by atoms with E-state index in [0.29, 0.717) is 6.04 Å². The molecule has 4 heteroatoms. The molecule has 1 atom stereocenters. The van der Waals surface area contributed by atoms with Gasteiger partial charge >= 0.3 is 0 Å². The predicted octanol–water partition coefficient (Wildman–Crippen LogP) is 3.18. The van der Waals surface area contributed by atoms with Crippen LogP contribution in [0, 0.1) is 0 Å². The van der Waals surface area contributed by atoms with E-state index in [0.717, 1.165) is 36.7 Å². The molecule has 0 saturated carbocycles. The zero-order valence-electron chi connectivity index (χ0n) is 11.5. The standard InChI is InChI=1S/C15H20N2OS/c1-3-9-16-12-6-4-5-11-10(12)7-8-13-14(11)17-15(18-2)19-13/h4-5,12,16H,3,6-9H2,1-2H3. The van der Waals surface area contributed by atoms with E-state index < -0.39 is 0 Å². The van der Waals surface area contributed by atoms with Crippen molar-refractivity contribution in [3.63, 3.8) is 0 Å². The minimum atomic E-state index is 0.501. The molecule has 1 aromatic heterocycles. The van der Waals surface area contributed by atoms with Crippen LogP contribution in [0.25, 0.3) is 5.57 Å². The lowest BCUT2D eigenvalue weighted by molar-refractivity contribution is 0.411. The number of hydrogen-bond acceptors (Lipinski definition) is 4. The maximum absolute atomic E-state index is 5.28. The van der Waals surface area contributed by atoms with Crippen molar-refractivity contribution in [3.05, 3.63) is 28.3 Å². The van der Waals surface area contributed by atoms with E-state index in [4.69, 9.17) is 4.74 Å². The molecule has 19 heavy (non-hydrogen) atoms. The van der Waals surface area contributed by atoms with Gasteiger partial charge in [-0.15, -0.1) is 0 Å². The Labute approximate surface area is 118 Å². The minimum Gasteiger partial charge on any atom is -0.473 e. The van der Waals surface area contributed by atoms with Crippen molar-refractivity contribution in [1.82, 2.24) is 10.3 Å². The van der Waals surface area contributed by atoms with Crippen LogP contribution in [0.4, 0.5) is 0 Å². The van der Waals surface area contributed by atoms with Gasteiger partial charge in [0.15, 0.2) is 0 Å². The topological polar surface area (TPSA) is 34.1 Å². The van der Waals surface area contributed by atoms with E-state index in [1.54, 1.807) is 18.4 Å². The number of aromatic nitrogens is 1. The first-order chi connectivity index (χ1) is 9.33. The lowest BCUT2D eigenvalue weighted by Gasteiger charge is -2.28. The van der Waals surface area contributed by atoms with Crippen molar-refractivity contribution >= 4 is 16.9 Å². The first-order valence-corrected chi connectivity index (χ1v) is 7.82. The Balaban J connectivity index is 1.94. The lowest BCUT2D eigenvalue weighted by atomic mass is 9.84. The maximum Gasteiger partial charge on any atom is 0.273 e. The number of allylic oxidation sites excluding steroid dienone is 2. The summed E-state index contributed by atoms with van der Waals surface area (Å²) in [6, 6.07) is 0.501. The molecule has 0 amide bonds. The molecule has 0 aliphatic heterocycles. The van der Waals surface area contributed by atoms with Gasteiger partial charge in [-0.2, -0.15) is 0 Å². The average Bonchev–Trinajstić information content (AvgIpc) is 2.88. The molecule has 0 saturated heterocycles. The molecule has 2 aliphatic carbocycles. The fraction of sp³-hybridized carbons (Fsp3) is 0.533. The van der Waals surface area contributed by atoms with Crippen molar-refractivity contribution in [2.75, 3.05) is 13.7 Å². The molecule has 3 rings (SSSR count). The fourth-order valence-electron chi connectivity index (χ4n) is 2.87. The Kier molecular flexibility index (Phi) is 3.71. The smallest absolute Gasteiger partial charge is 0.273 e. The van der Waals surface area contributed by atoms with Crippen LogP contribution in [-0.2, 0) is 6.42 Å². The number of aryl methyl sites for hydroxylation is 1. The largest absolute Gasteiger partial charge is 0.473 e. The van der Waals surface area contributed by atoms with Gasteiger partial charge in [-0.3, -0.25) is 0 Å². The summed E-state index contributed by atoms with van der Waals surface area (Å²) in [5, 5.41) is 4.45. The Morgan fingerprint density at radius 3 is 3.16 bits per heavy atom. The number of nitrogens with zero attached hydrogens (tertiary/aromatic N) is 1. The number of fused-ring (bicyclic) bond motifs is 2. The molecule has 0 spiro atoms. The highest BCUT2D eigenvalue weighted by atomic mass is 32.1. The second kappa shape index (κ2) is 5.47. The summed E-state index contributed by atoms with van der Waals surface area (Å²) < 4.78 is 5.28. The highest BCUT2D eigenvalue weighted by Crippen LogP contribution is 2.40. The van der Waals surface area contributed by atoms with E-state index in [1.165, 1.54) is 22.4 Å². The van der Waals surface area contributed by atoms with Gasteiger partial charge < -0.3 is 10.1 Å². The fourth-order valence-corrected chi connectivity index (χ4v) is 3.76. The molecule has 0 fully saturated rings. The van der Waals surface area contributed by atoms with Crippen molar-refractivity contribution in [2.45, 2.75) is 38.6 Å². The summed E-state index contributed by atoms with van der Waals surface area (Å²) in [6.45, 7) is 3.30. The van der Waals surface area contributed by atoms with Gasteiger partial charge in [-0.05, 0) is 37.8 Å². The second-order valence-corrected chi connectivity index (χ2v) is 6.09. The molecule has 0 bridgehead atoms. The van der Waals surface area contributed by atoms with E-state index in [-0.39, 0.29) is 0 Å². The number of rotatable bonds is 4. The maximum atomic E-state index is 5.28. The van der Waals surface area contributed by atoms with Crippen LogP contribution < -0.4 is 10.1 Å². The number of hydrogen-bond donors (Lipinski definition) is 1. The summed E-state index contributed by atoms with van der Waals surface area (Å²) >= 11 is 1.69. The van der Waals surface area contributed by atoms with Crippen LogP contribution in [0.5, 0.6) is 5.19 Å². The van der Waals surface area contributed by atoms with E-state index in [9.17, 15) is 0 Å². The molecule has 1 heterocycles. The summed E-state index contributed by atoms with van der Waals surface area (Å²) in [7, 11) is 1.70. The van der Waals surface area contributed by atoms with Gasteiger partial charge in [-0.25, -0.2) is 4.98 Å². The molecular formula is C15H20N2OS. The van der Waals surface area contributed by atoms with Crippen LogP contribution in [0.15, 0.2) is 17.7 Å². The monoisotopic (exact) mass is 276 g/mol. The Bertz CT molecular complexity index is 530. The van der Waals surface area contributed by atoms with E-state index >= 15 is 0 Å². The van der Waals surface area contributed by atoms with Crippen LogP contribution in [0.2, 0.25) is 0 Å². The average molecular weight is 276 g/mol. The lowest BCUT2D eigenvalue weighted by Crippen LogP contribution is -2.34. The van der Waals surface area contributed by atoms with Crippen molar-refractivity contribution in [2.24, 2.45) is 0 Å². The molecule has 1 unspecified atom stereocenters. The molecular weight excluding hydrogens is 256 g/mol.